The van der Waals surface area contributed by atoms with Gasteiger partial charge in [0.25, 0.3) is 5.91 Å². The molecule has 2 saturated heterocycles. The van der Waals surface area contributed by atoms with Gasteiger partial charge in [0, 0.05) is 31.7 Å². The van der Waals surface area contributed by atoms with Crippen LogP contribution in [0, 0.1) is 5.92 Å². The summed E-state index contributed by atoms with van der Waals surface area (Å²) in [4.78, 5) is 17.4. The highest BCUT2D eigenvalue weighted by Crippen LogP contribution is 2.37. The summed E-state index contributed by atoms with van der Waals surface area (Å²) in [5.74, 6) is 1.99. The molecule has 0 atom stereocenters. The normalized spacial score (nSPS) is 18.9. The SMILES string of the molecule is CCOc1c(Br)cc(C(=O)N2CCC(CCN3CCOCC3)CC2)cc1OC. The molecule has 28 heavy (non-hydrogen) atoms. The summed E-state index contributed by atoms with van der Waals surface area (Å²) in [7, 11) is 1.60. The van der Waals surface area contributed by atoms with E-state index in [4.69, 9.17) is 14.2 Å². The summed E-state index contributed by atoms with van der Waals surface area (Å²) >= 11 is 3.51. The lowest BCUT2D eigenvalue weighted by atomic mass is 9.93. The van der Waals surface area contributed by atoms with Crippen LogP contribution in [0.5, 0.6) is 11.5 Å². The summed E-state index contributed by atoms with van der Waals surface area (Å²) in [5, 5.41) is 0. The second-order valence-corrected chi connectivity index (χ2v) is 8.26. The van der Waals surface area contributed by atoms with Crippen molar-refractivity contribution in [3.63, 3.8) is 0 Å². The van der Waals surface area contributed by atoms with Gasteiger partial charge in [-0.25, -0.2) is 0 Å². The quantitative estimate of drug-likeness (QED) is 0.631. The average molecular weight is 455 g/mol. The Morgan fingerprint density at radius 3 is 2.57 bits per heavy atom. The van der Waals surface area contributed by atoms with Crippen molar-refractivity contribution in [1.82, 2.24) is 9.80 Å². The van der Waals surface area contributed by atoms with E-state index in [1.807, 2.05) is 17.9 Å². The molecule has 2 fully saturated rings. The molecule has 3 rings (SSSR count). The van der Waals surface area contributed by atoms with Crippen molar-refractivity contribution in [2.75, 3.05) is 59.7 Å². The molecule has 0 radical (unpaired) electrons. The smallest absolute Gasteiger partial charge is 0.254 e. The Balaban J connectivity index is 1.54. The van der Waals surface area contributed by atoms with Crippen molar-refractivity contribution in [1.29, 1.82) is 0 Å². The zero-order valence-corrected chi connectivity index (χ0v) is 18.5. The van der Waals surface area contributed by atoms with Crippen LogP contribution in [-0.4, -0.2) is 75.4 Å². The number of benzene rings is 1. The van der Waals surface area contributed by atoms with E-state index < -0.39 is 0 Å². The standard InChI is InChI=1S/C21H31BrN2O4/c1-3-28-20-18(22)14-17(15-19(20)26-2)21(25)24-8-5-16(6-9-24)4-7-23-10-12-27-13-11-23/h14-16H,3-13H2,1-2H3. The Labute approximate surface area is 176 Å². The maximum absolute atomic E-state index is 13.0. The first-order chi connectivity index (χ1) is 13.6. The summed E-state index contributed by atoms with van der Waals surface area (Å²) in [6.07, 6.45) is 3.36. The van der Waals surface area contributed by atoms with E-state index in [2.05, 4.69) is 20.8 Å². The topological polar surface area (TPSA) is 51.2 Å². The monoisotopic (exact) mass is 454 g/mol. The predicted molar refractivity (Wildman–Crippen MR) is 112 cm³/mol. The Morgan fingerprint density at radius 1 is 1.21 bits per heavy atom. The van der Waals surface area contributed by atoms with E-state index >= 15 is 0 Å². The highest BCUT2D eigenvalue weighted by molar-refractivity contribution is 9.10. The number of likely N-dealkylation sites (tertiary alicyclic amines) is 1. The largest absolute Gasteiger partial charge is 0.493 e. The number of piperidine rings is 1. The minimum Gasteiger partial charge on any atom is -0.493 e. The maximum Gasteiger partial charge on any atom is 0.254 e. The molecule has 0 spiro atoms. The molecular formula is C21H31BrN2O4. The molecule has 0 bridgehead atoms. The number of amides is 1. The second kappa shape index (κ2) is 10.5. The molecule has 1 aromatic carbocycles. The van der Waals surface area contributed by atoms with Gasteiger partial charge < -0.3 is 19.1 Å². The lowest BCUT2D eigenvalue weighted by molar-refractivity contribution is 0.0332. The molecule has 6 nitrogen and oxygen atoms in total. The molecule has 2 aliphatic rings. The first kappa shape index (κ1) is 21.4. The van der Waals surface area contributed by atoms with Crippen LogP contribution < -0.4 is 9.47 Å². The molecule has 1 amide bonds. The van der Waals surface area contributed by atoms with Crippen LogP contribution in [0.1, 0.15) is 36.5 Å². The summed E-state index contributed by atoms with van der Waals surface area (Å²) in [6, 6.07) is 3.61. The number of hydrogen-bond donors (Lipinski definition) is 0. The lowest BCUT2D eigenvalue weighted by Crippen LogP contribution is -2.40. The van der Waals surface area contributed by atoms with Crippen LogP contribution in [0.4, 0.5) is 0 Å². The molecule has 0 N–H and O–H groups in total. The van der Waals surface area contributed by atoms with E-state index in [0.29, 0.717) is 29.6 Å². The number of rotatable bonds is 7. The molecule has 2 heterocycles. The number of carbonyl (C=O) groups excluding carboxylic acids is 1. The number of morpholine rings is 1. The van der Waals surface area contributed by atoms with Crippen LogP contribution >= 0.6 is 15.9 Å². The maximum atomic E-state index is 13.0. The third kappa shape index (κ3) is 5.39. The molecular weight excluding hydrogens is 424 g/mol. The number of ether oxygens (including phenoxy) is 3. The molecule has 1 aromatic rings. The van der Waals surface area contributed by atoms with Crippen LogP contribution in [0.2, 0.25) is 0 Å². The summed E-state index contributed by atoms with van der Waals surface area (Å²) in [5.41, 5.74) is 0.638. The molecule has 0 aliphatic carbocycles. The van der Waals surface area contributed by atoms with Gasteiger partial charge in [-0.2, -0.15) is 0 Å². The third-order valence-electron chi connectivity index (χ3n) is 5.62. The summed E-state index contributed by atoms with van der Waals surface area (Å²) in [6.45, 7) is 9.05. The van der Waals surface area contributed by atoms with Crippen LogP contribution in [0.3, 0.4) is 0 Å². The molecule has 2 aliphatic heterocycles. The number of halogens is 1. The van der Waals surface area contributed by atoms with E-state index in [9.17, 15) is 4.79 Å². The molecule has 0 unspecified atom stereocenters. The minimum absolute atomic E-state index is 0.0636. The first-order valence-electron chi connectivity index (χ1n) is 10.2. The predicted octanol–water partition coefficient (Wildman–Crippen LogP) is 3.43. The van der Waals surface area contributed by atoms with E-state index in [1.54, 1.807) is 13.2 Å². The number of nitrogens with zero attached hydrogens (tertiary/aromatic N) is 2. The second-order valence-electron chi connectivity index (χ2n) is 7.40. The zero-order valence-electron chi connectivity index (χ0n) is 16.9. The number of hydrogen-bond acceptors (Lipinski definition) is 5. The van der Waals surface area contributed by atoms with Gasteiger partial charge in [-0.05, 0) is 66.7 Å². The van der Waals surface area contributed by atoms with Gasteiger partial charge in [0.1, 0.15) is 0 Å². The Morgan fingerprint density at radius 2 is 1.93 bits per heavy atom. The Kier molecular flexibility index (Phi) is 8.00. The van der Waals surface area contributed by atoms with Crippen LogP contribution in [0.25, 0.3) is 0 Å². The number of carbonyl (C=O) groups is 1. The number of methoxy groups -OCH3 is 1. The fraction of sp³-hybridized carbons (Fsp3) is 0.667. The average Bonchev–Trinajstić information content (AvgIpc) is 2.74. The van der Waals surface area contributed by atoms with Gasteiger partial charge in [-0.1, -0.05) is 0 Å². The van der Waals surface area contributed by atoms with Crippen LogP contribution in [0.15, 0.2) is 16.6 Å². The first-order valence-corrected chi connectivity index (χ1v) is 11.0. The van der Waals surface area contributed by atoms with Crippen molar-refractivity contribution < 1.29 is 19.0 Å². The molecule has 156 valence electrons. The van der Waals surface area contributed by atoms with Gasteiger partial charge in [0.15, 0.2) is 11.5 Å². The van der Waals surface area contributed by atoms with Gasteiger partial charge in [0.2, 0.25) is 0 Å². The van der Waals surface area contributed by atoms with Gasteiger partial charge in [-0.15, -0.1) is 0 Å². The van der Waals surface area contributed by atoms with E-state index in [-0.39, 0.29) is 5.91 Å². The third-order valence-corrected chi connectivity index (χ3v) is 6.21. The highest BCUT2D eigenvalue weighted by atomic mass is 79.9. The summed E-state index contributed by atoms with van der Waals surface area (Å²) < 4.78 is 17.2. The molecule has 0 saturated carbocycles. The van der Waals surface area contributed by atoms with Gasteiger partial charge >= 0.3 is 0 Å². The fourth-order valence-electron chi connectivity index (χ4n) is 3.92. The Hall–Kier alpha value is -1.31. The van der Waals surface area contributed by atoms with Crippen molar-refractivity contribution in [2.24, 2.45) is 5.92 Å². The minimum atomic E-state index is 0.0636. The molecule has 0 aromatic heterocycles. The van der Waals surface area contributed by atoms with E-state index in [1.165, 1.54) is 6.42 Å². The van der Waals surface area contributed by atoms with Crippen molar-refractivity contribution in [2.45, 2.75) is 26.2 Å². The van der Waals surface area contributed by atoms with Crippen molar-refractivity contribution in [3.05, 3.63) is 22.2 Å². The van der Waals surface area contributed by atoms with Gasteiger partial charge in [0.05, 0.1) is 31.4 Å². The van der Waals surface area contributed by atoms with E-state index in [0.717, 1.165) is 63.3 Å². The van der Waals surface area contributed by atoms with Crippen LogP contribution in [-0.2, 0) is 4.74 Å². The fourth-order valence-corrected chi connectivity index (χ4v) is 4.48. The Bertz CT molecular complexity index is 656. The molecule has 7 heteroatoms. The lowest BCUT2D eigenvalue weighted by Gasteiger charge is -2.34. The van der Waals surface area contributed by atoms with Crippen molar-refractivity contribution in [3.8, 4) is 11.5 Å². The van der Waals surface area contributed by atoms with Gasteiger partial charge in [-0.3, -0.25) is 9.69 Å². The highest BCUT2D eigenvalue weighted by Gasteiger charge is 2.25. The zero-order chi connectivity index (χ0) is 19.9. The van der Waals surface area contributed by atoms with Crippen molar-refractivity contribution >= 4 is 21.8 Å².